The maximum atomic E-state index is 12.8. The van der Waals surface area contributed by atoms with Crippen LogP contribution in [0, 0.1) is 5.92 Å². The van der Waals surface area contributed by atoms with Crippen LogP contribution in [0.4, 0.5) is 0 Å². The summed E-state index contributed by atoms with van der Waals surface area (Å²) in [5.74, 6) is 0.119. The Morgan fingerprint density at radius 1 is 1.17 bits per heavy atom. The Bertz CT molecular complexity index is 727. The van der Waals surface area contributed by atoms with Gasteiger partial charge in [-0.25, -0.2) is 8.42 Å². The molecule has 1 atom stereocenters. The van der Waals surface area contributed by atoms with Crippen molar-refractivity contribution in [3.63, 3.8) is 0 Å². The molecule has 2 saturated heterocycles. The van der Waals surface area contributed by atoms with Crippen LogP contribution in [0.15, 0.2) is 23.1 Å². The Labute approximate surface area is 151 Å². The van der Waals surface area contributed by atoms with Gasteiger partial charge in [0, 0.05) is 32.7 Å². The van der Waals surface area contributed by atoms with E-state index >= 15 is 0 Å². The first-order valence-electron chi connectivity index (χ1n) is 7.85. The monoisotopic (exact) mass is 391 g/mol. The zero-order chi connectivity index (χ0) is 17.3. The number of hydrogen-bond donors (Lipinski definition) is 1. The molecule has 9 heteroatoms. The minimum atomic E-state index is -3.72. The summed E-state index contributed by atoms with van der Waals surface area (Å²) in [6, 6.07) is 4.56. The number of nitrogens with zero attached hydrogens (tertiary/aromatic N) is 2. The molecular formula is C15H19Cl2N3O3S. The molecular weight excluding hydrogens is 373 g/mol. The summed E-state index contributed by atoms with van der Waals surface area (Å²) < 4.78 is 26.9. The minimum Gasteiger partial charge on any atom is -0.340 e. The number of amides is 1. The lowest BCUT2D eigenvalue weighted by Gasteiger charge is -2.35. The summed E-state index contributed by atoms with van der Waals surface area (Å²) in [5, 5.41) is 3.42. The molecule has 0 spiro atoms. The van der Waals surface area contributed by atoms with Gasteiger partial charge >= 0.3 is 0 Å². The summed E-state index contributed by atoms with van der Waals surface area (Å²) >= 11 is 12.0. The average molecular weight is 392 g/mol. The zero-order valence-corrected chi connectivity index (χ0v) is 15.4. The second-order valence-electron chi connectivity index (χ2n) is 5.97. The minimum absolute atomic E-state index is 0.00975. The van der Waals surface area contributed by atoms with Crippen LogP contribution in [-0.2, 0) is 14.8 Å². The van der Waals surface area contributed by atoms with Gasteiger partial charge in [-0.15, -0.1) is 0 Å². The molecule has 1 unspecified atom stereocenters. The van der Waals surface area contributed by atoms with E-state index in [-0.39, 0.29) is 39.9 Å². The highest BCUT2D eigenvalue weighted by atomic mass is 35.5. The fraction of sp³-hybridized carbons (Fsp3) is 0.533. The number of rotatable bonds is 3. The van der Waals surface area contributed by atoms with Crippen molar-refractivity contribution in [1.29, 1.82) is 0 Å². The largest absolute Gasteiger partial charge is 0.340 e. The predicted molar refractivity (Wildman–Crippen MR) is 92.8 cm³/mol. The van der Waals surface area contributed by atoms with E-state index in [1.807, 2.05) is 0 Å². The number of benzene rings is 1. The normalized spacial score (nSPS) is 22.8. The summed E-state index contributed by atoms with van der Waals surface area (Å²) in [7, 11) is -3.72. The number of carbonyl (C=O) groups excluding carboxylic acids is 1. The Morgan fingerprint density at radius 2 is 1.88 bits per heavy atom. The third-order valence-corrected chi connectivity index (χ3v) is 7.37. The molecule has 2 aliphatic rings. The fourth-order valence-corrected chi connectivity index (χ4v) is 5.25. The van der Waals surface area contributed by atoms with Crippen LogP contribution in [0.25, 0.3) is 0 Å². The lowest BCUT2D eigenvalue weighted by Crippen LogP contribution is -2.52. The summed E-state index contributed by atoms with van der Waals surface area (Å²) in [6.07, 6.45) is 0.843. The van der Waals surface area contributed by atoms with Crippen molar-refractivity contribution in [2.24, 2.45) is 5.92 Å². The maximum Gasteiger partial charge on any atom is 0.244 e. The van der Waals surface area contributed by atoms with Gasteiger partial charge in [0.15, 0.2) is 0 Å². The zero-order valence-electron chi connectivity index (χ0n) is 13.0. The van der Waals surface area contributed by atoms with Crippen molar-refractivity contribution in [2.75, 3.05) is 39.3 Å². The topological polar surface area (TPSA) is 69.7 Å². The number of nitrogens with one attached hydrogen (secondary N) is 1. The molecule has 2 fully saturated rings. The van der Waals surface area contributed by atoms with Gasteiger partial charge < -0.3 is 10.2 Å². The Balaban J connectivity index is 1.69. The first-order valence-corrected chi connectivity index (χ1v) is 10.0. The van der Waals surface area contributed by atoms with Crippen LogP contribution in [-0.4, -0.2) is 62.8 Å². The first kappa shape index (κ1) is 17.9. The highest BCUT2D eigenvalue weighted by Crippen LogP contribution is 2.31. The van der Waals surface area contributed by atoms with Crippen LogP contribution >= 0.6 is 23.2 Å². The van der Waals surface area contributed by atoms with E-state index in [2.05, 4.69) is 5.32 Å². The number of sulfonamides is 1. The third-order valence-electron chi connectivity index (χ3n) is 4.49. The molecule has 2 heterocycles. The average Bonchev–Trinajstić information content (AvgIpc) is 3.11. The second-order valence-corrected chi connectivity index (χ2v) is 8.66. The lowest BCUT2D eigenvalue weighted by molar-refractivity contribution is -0.136. The van der Waals surface area contributed by atoms with Crippen LogP contribution in [0.5, 0.6) is 0 Å². The molecule has 3 rings (SSSR count). The number of carbonyl (C=O) groups is 1. The van der Waals surface area contributed by atoms with E-state index in [0.717, 1.165) is 13.0 Å². The fourth-order valence-electron chi connectivity index (χ4n) is 3.09. The summed E-state index contributed by atoms with van der Waals surface area (Å²) in [4.78, 5) is 14.2. The maximum absolute atomic E-state index is 12.8. The number of piperazine rings is 1. The molecule has 0 aromatic heterocycles. The molecule has 1 amide bonds. The van der Waals surface area contributed by atoms with Gasteiger partial charge in [0.05, 0.1) is 16.0 Å². The molecule has 2 aliphatic heterocycles. The van der Waals surface area contributed by atoms with Crippen molar-refractivity contribution >= 4 is 39.1 Å². The molecule has 1 aromatic rings. The van der Waals surface area contributed by atoms with Crippen molar-refractivity contribution in [3.8, 4) is 0 Å². The highest BCUT2D eigenvalue weighted by Gasteiger charge is 2.34. The van der Waals surface area contributed by atoms with Crippen LogP contribution in [0.2, 0.25) is 10.0 Å². The lowest BCUT2D eigenvalue weighted by atomic mass is 10.1. The predicted octanol–water partition coefficient (Wildman–Crippen LogP) is 1.44. The van der Waals surface area contributed by atoms with Gasteiger partial charge in [0.2, 0.25) is 15.9 Å². The van der Waals surface area contributed by atoms with Gasteiger partial charge in [-0.1, -0.05) is 29.3 Å². The molecule has 1 aromatic carbocycles. The number of hydrogen-bond acceptors (Lipinski definition) is 4. The van der Waals surface area contributed by atoms with E-state index in [4.69, 9.17) is 23.2 Å². The molecule has 24 heavy (non-hydrogen) atoms. The van der Waals surface area contributed by atoms with Crippen molar-refractivity contribution in [2.45, 2.75) is 11.3 Å². The third kappa shape index (κ3) is 3.41. The SMILES string of the molecule is O=C(C1CCNC1)N1CCN(S(=O)(=O)c2cccc(Cl)c2Cl)CC1. The van der Waals surface area contributed by atoms with Gasteiger partial charge in [0.25, 0.3) is 0 Å². The van der Waals surface area contributed by atoms with E-state index < -0.39 is 10.0 Å². The van der Waals surface area contributed by atoms with Gasteiger partial charge in [-0.05, 0) is 25.1 Å². The van der Waals surface area contributed by atoms with Crippen LogP contribution in [0.3, 0.4) is 0 Å². The molecule has 0 aliphatic carbocycles. The van der Waals surface area contributed by atoms with Crippen molar-refractivity contribution in [1.82, 2.24) is 14.5 Å². The molecule has 6 nitrogen and oxygen atoms in total. The van der Waals surface area contributed by atoms with E-state index in [1.54, 1.807) is 17.0 Å². The highest BCUT2D eigenvalue weighted by molar-refractivity contribution is 7.89. The standard InChI is InChI=1S/C15H19Cl2N3O3S/c16-12-2-1-3-13(14(12)17)24(22,23)20-8-6-19(7-9-20)15(21)11-4-5-18-10-11/h1-3,11,18H,4-10H2. The molecule has 0 bridgehead atoms. The molecule has 0 saturated carbocycles. The van der Waals surface area contributed by atoms with E-state index in [1.165, 1.54) is 10.4 Å². The quantitative estimate of drug-likeness (QED) is 0.845. The Hall–Kier alpha value is -0.860. The summed E-state index contributed by atoms with van der Waals surface area (Å²) in [5.41, 5.74) is 0. The van der Waals surface area contributed by atoms with Crippen molar-refractivity contribution < 1.29 is 13.2 Å². The van der Waals surface area contributed by atoms with Gasteiger partial charge in [-0.2, -0.15) is 4.31 Å². The van der Waals surface area contributed by atoms with E-state index in [0.29, 0.717) is 19.6 Å². The smallest absolute Gasteiger partial charge is 0.244 e. The summed E-state index contributed by atoms with van der Waals surface area (Å²) in [6.45, 7) is 2.88. The molecule has 1 N–H and O–H groups in total. The number of halogens is 2. The van der Waals surface area contributed by atoms with Gasteiger partial charge in [-0.3, -0.25) is 4.79 Å². The van der Waals surface area contributed by atoms with E-state index in [9.17, 15) is 13.2 Å². The Morgan fingerprint density at radius 3 is 2.50 bits per heavy atom. The molecule has 132 valence electrons. The van der Waals surface area contributed by atoms with Crippen LogP contribution < -0.4 is 5.32 Å². The molecule has 0 radical (unpaired) electrons. The van der Waals surface area contributed by atoms with Crippen LogP contribution in [0.1, 0.15) is 6.42 Å². The van der Waals surface area contributed by atoms with Gasteiger partial charge in [0.1, 0.15) is 4.90 Å². The second kappa shape index (κ2) is 7.17. The first-order chi connectivity index (χ1) is 11.4. The van der Waals surface area contributed by atoms with Crippen molar-refractivity contribution in [3.05, 3.63) is 28.2 Å². The Kier molecular flexibility index (Phi) is 5.36.